The number of anilines is 2. The van der Waals surface area contributed by atoms with Crippen LogP contribution in [-0.4, -0.2) is 32.0 Å². The lowest BCUT2D eigenvalue weighted by Gasteiger charge is -2.07. The van der Waals surface area contributed by atoms with Gasteiger partial charge in [0.05, 0.1) is 13.3 Å². The summed E-state index contributed by atoms with van der Waals surface area (Å²) in [6, 6.07) is 7.78. The van der Waals surface area contributed by atoms with Gasteiger partial charge in [0, 0.05) is 18.9 Å². The number of nitrogens with one attached hydrogen (secondary N) is 1. The smallest absolute Gasteiger partial charge is 0.226 e. The minimum absolute atomic E-state index is 0.328. The van der Waals surface area contributed by atoms with Gasteiger partial charge in [0.15, 0.2) is 10.6 Å². The largest absolute Gasteiger partial charge is 0.497 e. The summed E-state index contributed by atoms with van der Waals surface area (Å²) in [7, 11) is 1.64. The van der Waals surface area contributed by atoms with Crippen molar-refractivity contribution in [3.63, 3.8) is 0 Å². The highest BCUT2D eigenvalue weighted by atomic mass is 32.1. The van der Waals surface area contributed by atoms with Gasteiger partial charge < -0.3 is 15.8 Å². The molecule has 0 amide bonds. The van der Waals surface area contributed by atoms with E-state index in [0.717, 1.165) is 11.3 Å². The van der Waals surface area contributed by atoms with Crippen molar-refractivity contribution in [3.05, 3.63) is 48.4 Å². The zero-order valence-electron chi connectivity index (χ0n) is 13.9. The highest BCUT2D eigenvalue weighted by Crippen LogP contribution is 2.30. The molecule has 0 saturated carbocycles. The van der Waals surface area contributed by atoms with Crippen LogP contribution in [0, 0.1) is 0 Å². The molecular weight excluding hydrogens is 350 g/mol. The third kappa shape index (κ3) is 3.24. The highest BCUT2D eigenvalue weighted by molar-refractivity contribution is 7.21. The van der Waals surface area contributed by atoms with Gasteiger partial charge in [-0.25, -0.2) is 9.97 Å². The molecule has 0 aliphatic heterocycles. The first-order chi connectivity index (χ1) is 12.7. The van der Waals surface area contributed by atoms with Gasteiger partial charge in [-0.3, -0.25) is 9.97 Å². The maximum atomic E-state index is 6.06. The fourth-order valence-electron chi connectivity index (χ4n) is 2.40. The van der Waals surface area contributed by atoms with Gasteiger partial charge in [0.1, 0.15) is 22.0 Å². The zero-order valence-corrected chi connectivity index (χ0v) is 14.7. The van der Waals surface area contributed by atoms with Crippen LogP contribution in [0.3, 0.4) is 0 Å². The molecule has 0 radical (unpaired) electrons. The number of ether oxygens (including phenoxy) is 1. The first kappa shape index (κ1) is 16.2. The Labute approximate surface area is 153 Å². The van der Waals surface area contributed by atoms with Crippen molar-refractivity contribution in [1.29, 1.82) is 0 Å². The Kier molecular flexibility index (Phi) is 4.28. The van der Waals surface area contributed by atoms with Crippen LogP contribution in [0.1, 0.15) is 5.56 Å². The van der Waals surface area contributed by atoms with E-state index in [1.54, 1.807) is 25.7 Å². The molecule has 8 nitrogen and oxygen atoms in total. The monoisotopic (exact) mass is 365 g/mol. The molecule has 3 heterocycles. The number of benzene rings is 1. The second-order valence-corrected chi connectivity index (χ2v) is 6.38. The molecular formula is C17H15N7OS. The van der Waals surface area contributed by atoms with Crippen LogP contribution in [0.2, 0.25) is 0 Å². The quantitative estimate of drug-likeness (QED) is 0.555. The van der Waals surface area contributed by atoms with Gasteiger partial charge in [0.25, 0.3) is 0 Å². The molecule has 0 fully saturated rings. The Morgan fingerprint density at radius 3 is 2.92 bits per heavy atom. The Balaban J connectivity index is 1.60. The fraction of sp³-hybridized carbons (Fsp3) is 0.118. The van der Waals surface area contributed by atoms with Crippen molar-refractivity contribution < 1.29 is 4.74 Å². The number of nitrogens with zero attached hydrogens (tertiary/aromatic N) is 5. The third-order valence-corrected chi connectivity index (χ3v) is 4.62. The van der Waals surface area contributed by atoms with E-state index in [0.29, 0.717) is 39.4 Å². The fourth-order valence-corrected chi connectivity index (χ4v) is 3.31. The van der Waals surface area contributed by atoms with E-state index < -0.39 is 0 Å². The number of thiazole rings is 1. The van der Waals surface area contributed by atoms with Crippen LogP contribution >= 0.6 is 11.3 Å². The van der Waals surface area contributed by atoms with Crippen LogP contribution in [0.15, 0.2) is 42.9 Å². The van der Waals surface area contributed by atoms with Crippen LogP contribution in [0.25, 0.3) is 21.0 Å². The number of hydrogen-bond donors (Lipinski definition) is 2. The Bertz CT molecular complexity index is 1050. The second-order valence-electron chi connectivity index (χ2n) is 5.40. The van der Waals surface area contributed by atoms with E-state index >= 15 is 0 Å². The van der Waals surface area contributed by atoms with Crippen molar-refractivity contribution in [2.24, 2.45) is 0 Å². The van der Waals surface area contributed by atoms with Gasteiger partial charge in [-0.05, 0) is 17.7 Å². The van der Waals surface area contributed by atoms with E-state index in [2.05, 4.69) is 30.2 Å². The van der Waals surface area contributed by atoms with Crippen LogP contribution in [0.4, 0.5) is 11.8 Å². The standard InChI is InChI=1S/C17H15N7OS/c1-25-11-4-2-3-10(7-11)8-21-17-23-14(18)13-16(24-17)26-15(22-13)12-9-19-5-6-20-12/h2-7,9H,8H2,1H3,(H3,18,21,23,24). The lowest BCUT2D eigenvalue weighted by molar-refractivity contribution is 0.414. The first-order valence-corrected chi connectivity index (χ1v) is 8.62. The molecule has 130 valence electrons. The molecule has 9 heteroatoms. The van der Waals surface area contributed by atoms with Crippen LogP contribution < -0.4 is 15.8 Å². The van der Waals surface area contributed by atoms with Gasteiger partial charge in [-0.15, -0.1) is 0 Å². The van der Waals surface area contributed by atoms with Crippen LogP contribution in [-0.2, 0) is 6.54 Å². The Morgan fingerprint density at radius 2 is 2.12 bits per heavy atom. The summed E-state index contributed by atoms with van der Waals surface area (Å²) in [6.45, 7) is 0.554. The molecule has 0 aliphatic rings. The van der Waals surface area contributed by atoms with E-state index in [-0.39, 0.29) is 0 Å². The molecule has 4 aromatic rings. The number of rotatable bonds is 5. The molecule has 0 bridgehead atoms. The van der Waals surface area contributed by atoms with Crippen LogP contribution in [0.5, 0.6) is 5.75 Å². The lowest BCUT2D eigenvalue weighted by atomic mass is 10.2. The van der Waals surface area contributed by atoms with Crippen molar-refractivity contribution in [2.45, 2.75) is 6.54 Å². The number of fused-ring (bicyclic) bond motifs is 1. The molecule has 3 N–H and O–H groups in total. The van der Waals surface area contributed by atoms with Crippen molar-refractivity contribution in [2.75, 3.05) is 18.2 Å². The summed E-state index contributed by atoms with van der Waals surface area (Å²) in [6.07, 6.45) is 4.90. The zero-order chi connectivity index (χ0) is 17.9. The maximum absolute atomic E-state index is 6.06. The number of aromatic nitrogens is 5. The molecule has 4 rings (SSSR count). The van der Waals surface area contributed by atoms with Crippen molar-refractivity contribution in [1.82, 2.24) is 24.9 Å². The Morgan fingerprint density at radius 1 is 1.19 bits per heavy atom. The molecule has 26 heavy (non-hydrogen) atoms. The minimum atomic E-state index is 0.328. The van der Waals surface area contributed by atoms with Crippen molar-refractivity contribution >= 4 is 33.5 Å². The van der Waals surface area contributed by atoms with Gasteiger partial charge in [-0.1, -0.05) is 23.5 Å². The maximum Gasteiger partial charge on any atom is 0.226 e. The lowest BCUT2D eigenvalue weighted by Crippen LogP contribution is -2.05. The molecule has 1 aromatic carbocycles. The second kappa shape index (κ2) is 6.89. The molecule has 0 atom stereocenters. The van der Waals surface area contributed by atoms with Gasteiger partial charge in [0.2, 0.25) is 5.95 Å². The van der Waals surface area contributed by atoms with Gasteiger partial charge >= 0.3 is 0 Å². The highest BCUT2D eigenvalue weighted by Gasteiger charge is 2.13. The minimum Gasteiger partial charge on any atom is -0.497 e. The summed E-state index contributed by atoms with van der Waals surface area (Å²) in [5.41, 5.74) is 8.37. The first-order valence-electron chi connectivity index (χ1n) is 7.80. The van der Waals surface area contributed by atoms with E-state index in [9.17, 15) is 0 Å². The number of hydrogen-bond acceptors (Lipinski definition) is 9. The SMILES string of the molecule is COc1cccc(CNc2nc(N)c3nc(-c4cnccn4)sc3n2)c1. The van der Waals surface area contributed by atoms with Gasteiger partial charge in [-0.2, -0.15) is 4.98 Å². The predicted molar refractivity (Wildman–Crippen MR) is 101 cm³/mol. The van der Waals surface area contributed by atoms with Crippen molar-refractivity contribution in [3.8, 4) is 16.5 Å². The summed E-state index contributed by atoms with van der Waals surface area (Å²) in [4.78, 5) is 22.3. The summed E-state index contributed by atoms with van der Waals surface area (Å²) >= 11 is 1.40. The average molecular weight is 365 g/mol. The third-order valence-electron chi connectivity index (χ3n) is 3.65. The number of nitrogen functional groups attached to an aromatic ring is 1. The Hall–Kier alpha value is -3.33. The summed E-state index contributed by atoms with van der Waals surface area (Å²) in [5, 5.41) is 3.89. The topological polar surface area (TPSA) is 112 Å². The predicted octanol–water partition coefficient (Wildman–Crippen LogP) is 2.75. The molecule has 0 unspecified atom stereocenters. The average Bonchev–Trinajstić information content (AvgIpc) is 3.12. The summed E-state index contributed by atoms with van der Waals surface area (Å²) in [5.74, 6) is 1.58. The number of methoxy groups -OCH3 is 1. The molecule has 3 aromatic heterocycles. The normalized spacial score (nSPS) is 10.8. The number of nitrogens with two attached hydrogens (primary N) is 1. The van der Waals surface area contributed by atoms with E-state index in [4.69, 9.17) is 10.5 Å². The molecule has 0 aliphatic carbocycles. The van der Waals surface area contributed by atoms with E-state index in [1.807, 2.05) is 24.3 Å². The molecule has 0 saturated heterocycles. The van der Waals surface area contributed by atoms with E-state index in [1.165, 1.54) is 11.3 Å². The summed E-state index contributed by atoms with van der Waals surface area (Å²) < 4.78 is 5.23. The molecule has 0 spiro atoms.